The molecule has 0 radical (unpaired) electrons. The van der Waals surface area contributed by atoms with Crippen LogP contribution in [0.4, 0.5) is 10.5 Å². The van der Waals surface area contributed by atoms with Crippen molar-refractivity contribution in [3.05, 3.63) is 143 Å². The fraction of sp³-hybridized carbons (Fsp3) is 0.216. The number of carbonyl (C=O) groups is 3. The molecule has 1 atom stereocenters. The molecule has 4 aromatic rings. The number of hydrogen-bond acceptors (Lipinski definition) is 4. The number of anilines is 1. The lowest BCUT2D eigenvalue weighted by Gasteiger charge is -2.37. The van der Waals surface area contributed by atoms with E-state index in [-0.39, 0.29) is 18.5 Å². The summed E-state index contributed by atoms with van der Waals surface area (Å²) in [6.45, 7) is 4.47. The van der Waals surface area contributed by atoms with Crippen molar-refractivity contribution in [3.63, 3.8) is 0 Å². The molecule has 1 aliphatic rings. The zero-order chi connectivity index (χ0) is 30.9. The molecular weight excluding hydrogens is 550 g/mol. The number of carbonyl (C=O) groups excluding carboxylic acids is 3. The van der Waals surface area contributed by atoms with E-state index >= 15 is 0 Å². The minimum Gasteiger partial charge on any atom is -0.463 e. The van der Waals surface area contributed by atoms with Crippen molar-refractivity contribution >= 4 is 29.3 Å². The lowest BCUT2D eigenvalue weighted by Crippen LogP contribution is -2.48. The minimum absolute atomic E-state index is 0.191. The first-order valence-electron chi connectivity index (χ1n) is 15.1. The van der Waals surface area contributed by atoms with Crippen molar-refractivity contribution in [2.45, 2.75) is 38.6 Å². The highest BCUT2D eigenvalue weighted by Gasteiger charge is 2.38. The number of amides is 3. The Bertz CT molecular complexity index is 1580. The third kappa shape index (κ3) is 6.73. The summed E-state index contributed by atoms with van der Waals surface area (Å²) in [4.78, 5) is 42.7. The van der Waals surface area contributed by atoms with Gasteiger partial charge in [0.05, 0.1) is 29.8 Å². The number of esters is 1. The number of nitrogens with zero attached hydrogens (tertiary/aromatic N) is 1. The van der Waals surface area contributed by atoms with E-state index in [1.54, 1.807) is 24.0 Å². The van der Waals surface area contributed by atoms with Crippen LogP contribution in [0.25, 0.3) is 5.70 Å². The number of hydrogen-bond donors (Lipinski definition) is 2. The molecule has 0 saturated carbocycles. The van der Waals surface area contributed by atoms with Crippen molar-refractivity contribution in [2.24, 2.45) is 0 Å². The average molecular weight is 588 g/mol. The van der Waals surface area contributed by atoms with Crippen LogP contribution in [0.15, 0.2) is 121 Å². The Labute approximate surface area is 258 Å². The number of unbranched alkanes of at least 4 members (excludes halogenated alkanes) is 1. The molecule has 7 nitrogen and oxygen atoms in total. The second-order valence-electron chi connectivity index (χ2n) is 10.6. The molecule has 0 aromatic heterocycles. The Morgan fingerprint density at radius 3 is 2.05 bits per heavy atom. The smallest absolute Gasteiger partial charge is 0.338 e. The van der Waals surface area contributed by atoms with Gasteiger partial charge in [-0.05, 0) is 47.7 Å². The van der Waals surface area contributed by atoms with Gasteiger partial charge in [0.2, 0.25) is 5.91 Å². The van der Waals surface area contributed by atoms with Gasteiger partial charge in [-0.2, -0.15) is 0 Å². The van der Waals surface area contributed by atoms with Crippen LogP contribution in [0.1, 0.15) is 60.9 Å². The van der Waals surface area contributed by atoms with Crippen LogP contribution in [0.2, 0.25) is 0 Å². The normalized spacial score (nSPS) is 14.8. The van der Waals surface area contributed by atoms with Gasteiger partial charge in [-0.1, -0.05) is 116 Å². The Kier molecular flexibility index (Phi) is 9.87. The standard InChI is InChI=1S/C37H37N3O4/c1-3-5-24-40-34(28-20-13-8-14-21-28)32(36(42)44-4-2)33(39-37(40)43)29-22-15-23-30(25-29)38-35(41)31(26-16-9-6-10-17-26)27-18-11-7-12-19-27/h6-23,25,31,33H,3-5,24H2,1-2H3,(H,38,41)(H,39,43). The number of ether oxygens (including phenoxy) is 1. The van der Waals surface area contributed by atoms with E-state index < -0.39 is 17.9 Å². The Morgan fingerprint density at radius 2 is 1.45 bits per heavy atom. The summed E-state index contributed by atoms with van der Waals surface area (Å²) in [5.74, 6) is -1.22. The summed E-state index contributed by atoms with van der Waals surface area (Å²) in [6.07, 6.45) is 1.66. The van der Waals surface area contributed by atoms with Crippen LogP contribution >= 0.6 is 0 Å². The minimum atomic E-state index is -0.787. The molecule has 3 amide bonds. The molecular formula is C37H37N3O4. The lowest BCUT2D eigenvalue weighted by atomic mass is 9.90. The number of rotatable bonds is 11. The van der Waals surface area contributed by atoms with Gasteiger partial charge in [-0.25, -0.2) is 9.59 Å². The zero-order valence-electron chi connectivity index (χ0n) is 25.0. The molecule has 0 saturated heterocycles. The zero-order valence-corrected chi connectivity index (χ0v) is 25.0. The fourth-order valence-corrected chi connectivity index (χ4v) is 5.56. The fourth-order valence-electron chi connectivity index (χ4n) is 5.56. The number of nitrogens with one attached hydrogen (secondary N) is 2. The van der Waals surface area contributed by atoms with Crippen molar-refractivity contribution in [1.82, 2.24) is 10.2 Å². The van der Waals surface area contributed by atoms with Crippen LogP contribution in [-0.2, 0) is 14.3 Å². The van der Waals surface area contributed by atoms with E-state index in [9.17, 15) is 14.4 Å². The van der Waals surface area contributed by atoms with Crippen molar-refractivity contribution in [3.8, 4) is 0 Å². The molecule has 5 rings (SSSR count). The van der Waals surface area contributed by atoms with Gasteiger partial charge < -0.3 is 15.4 Å². The molecule has 1 unspecified atom stereocenters. The number of urea groups is 1. The summed E-state index contributed by atoms with van der Waals surface area (Å²) in [5, 5.41) is 6.14. The maximum absolute atomic E-state index is 13.8. The van der Waals surface area contributed by atoms with Crippen molar-refractivity contribution < 1.29 is 19.1 Å². The van der Waals surface area contributed by atoms with Crippen LogP contribution in [0.5, 0.6) is 0 Å². The maximum Gasteiger partial charge on any atom is 0.338 e. The van der Waals surface area contributed by atoms with E-state index in [2.05, 4.69) is 17.6 Å². The van der Waals surface area contributed by atoms with Gasteiger partial charge in [-0.3, -0.25) is 9.69 Å². The van der Waals surface area contributed by atoms with E-state index in [0.29, 0.717) is 29.1 Å². The molecule has 0 spiro atoms. The monoisotopic (exact) mass is 587 g/mol. The van der Waals surface area contributed by atoms with Gasteiger partial charge >= 0.3 is 12.0 Å². The number of benzene rings is 4. The maximum atomic E-state index is 13.8. The summed E-state index contributed by atoms with van der Waals surface area (Å²) >= 11 is 0. The van der Waals surface area contributed by atoms with Gasteiger partial charge in [0, 0.05) is 12.2 Å². The summed E-state index contributed by atoms with van der Waals surface area (Å²) in [5.41, 5.74) is 4.59. The van der Waals surface area contributed by atoms with Gasteiger partial charge in [0.15, 0.2) is 0 Å². The Morgan fingerprint density at radius 1 is 0.841 bits per heavy atom. The third-order valence-corrected chi connectivity index (χ3v) is 7.62. The van der Waals surface area contributed by atoms with Crippen LogP contribution in [0.3, 0.4) is 0 Å². The van der Waals surface area contributed by atoms with Gasteiger partial charge in [-0.15, -0.1) is 0 Å². The van der Waals surface area contributed by atoms with E-state index in [1.165, 1.54) is 0 Å². The van der Waals surface area contributed by atoms with Crippen LogP contribution < -0.4 is 10.6 Å². The first-order chi connectivity index (χ1) is 21.5. The van der Waals surface area contributed by atoms with Crippen molar-refractivity contribution in [1.29, 1.82) is 0 Å². The molecule has 1 aliphatic heterocycles. The van der Waals surface area contributed by atoms with E-state index in [0.717, 1.165) is 29.5 Å². The molecule has 0 bridgehead atoms. The average Bonchev–Trinajstić information content (AvgIpc) is 3.05. The highest BCUT2D eigenvalue weighted by Crippen LogP contribution is 2.37. The topological polar surface area (TPSA) is 87.7 Å². The predicted molar refractivity (Wildman–Crippen MR) is 173 cm³/mol. The third-order valence-electron chi connectivity index (χ3n) is 7.62. The van der Waals surface area contributed by atoms with Gasteiger partial charge in [0.25, 0.3) is 0 Å². The van der Waals surface area contributed by atoms with E-state index in [4.69, 9.17) is 4.74 Å². The second kappa shape index (κ2) is 14.3. The molecule has 224 valence electrons. The highest BCUT2D eigenvalue weighted by atomic mass is 16.5. The highest BCUT2D eigenvalue weighted by molar-refractivity contribution is 6.05. The van der Waals surface area contributed by atoms with Crippen LogP contribution in [-0.4, -0.2) is 36.0 Å². The quantitative estimate of drug-likeness (QED) is 0.180. The van der Waals surface area contributed by atoms with Gasteiger partial charge in [0.1, 0.15) is 0 Å². The molecule has 7 heteroatoms. The summed E-state index contributed by atoms with van der Waals surface area (Å²) < 4.78 is 5.55. The largest absolute Gasteiger partial charge is 0.463 e. The Hall–Kier alpha value is -5.17. The Balaban J connectivity index is 1.55. The second-order valence-corrected chi connectivity index (χ2v) is 10.6. The molecule has 1 heterocycles. The molecule has 4 aromatic carbocycles. The van der Waals surface area contributed by atoms with E-state index in [1.807, 2.05) is 103 Å². The molecule has 44 heavy (non-hydrogen) atoms. The molecule has 2 N–H and O–H groups in total. The summed E-state index contributed by atoms with van der Waals surface area (Å²) in [6, 6.07) is 34.9. The summed E-state index contributed by atoms with van der Waals surface area (Å²) in [7, 11) is 0. The first kappa shape index (κ1) is 30.3. The van der Waals surface area contributed by atoms with Crippen molar-refractivity contribution in [2.75, 3.05) is 18.5 Å². The molecule has 0 fully saturated rings. The van der Waals surface area contributed by atoms with Crippen LogP contribution in [0, 0.1) is 0 Å². The SMILES string of the molecule is CCCCN1C(=O)NC(c2cccc(NC(=O)C(c3ccccc3)c3ccccc3)c2)C(C(=O)OCC)=C1c1ccccc1. The first-order valence-corrected chi connectivity index (χ1v) is 15.1. The molecule has 0 aliphatic carbocycles. The lowest BCUT2D eigenvalue weighted by molar-refractivity contribution is -0.139. The predicted octanol–water partition coefficient (Wildman–Crippen LogP) is 7.30.